The zero-order chi connectivity index (χ0) is 16.5. The summed E-state index contributed by atoms with van der Waals surface area (Å²) in [5.41, 5.74) is 0. The molecule has 2 N–H and O–H groups in total. The minimum Gasteiger partial charge on any atom is -0.379 e. The molecule has 1 aliphatic heterocycles. The first-order chi connectivity index (χ1) is 11.2. The van der Waals surface area contributed by atoms with E-state index in [1.165, 1.54) is 11.3 Å². The van der Waals surface area contributed by atoms with Crippen LogP contribution < -0.4 is 10.6 Å². The van der Waals surface area contributed by atoms with Gasteiger partial charge in [-0.25, -0.2) is 0 Å². The van der Waals surface area contributed by atoms with Crippen molar-refractivity contribution in [3.05, 3.63) is 22.4 Å². The molecule has 1 saturated heterocycles. The second-order valence-corrected chi connectivity index (χ2v) is 7.35. The number of thiophene rings is 1. The van der Waals surface area contributed by atoms with E-state index in [2.05, 4.69) is 51.9 Å². The summed E-state index contributed by atoms with van der Waals surface area (Å²) >= 11 is 1.76. The van der Waals surface area contributed by atoms with Crippen LogP contribution in [-0.2, 0) is 11.3 Å². The largest absolute Gasteiger partial charge is 0.379 e. The summed E-state index contributed by atoms with van der Waals surface area (Å²) in [7, 11) is 1.83. The maximum absolute atomic E-state index is 5.48. The molecule has 2 rings (SSSR count). The van der Waals surface area contributed by atoms with Crippen LogP contribution in [0.1, 0.15) is 25.1 Å². The van der Waals surface area contributed by atoms with E-state index in [1.807, 2.05) is 7.05 Å². The molecule has 1 fully saturated rings. The maximum Gasteiger partial charge on any atom is 0.191 e. The van der Waals surface area contributed by atoms with Crippen LogP contribution >= 0.6 is 35.3 Å². The van der Waals surface area contributed by atoms with E-state index in [0.29, 0.717) is 12.0 Å². The molecule has 0 aromatic carbocycles. The molecule has 138 valence electrons. The fraction of sp³-hybridized carbons (Fsp3) is 0.706. The molecule has 1 aliphatic rings. The van der Waals surface area contributed by atoms with Crippen molar-refractivity contribution in [1.29, 1.82) is 0 Å². The van der Waals surface area contributed by atoms with Crippen molar-refractivity contribution >= 4 is 41.3 Å². The summed E-state index contributed by atoms with van der Waals surface area (Å²) in [4.78, 5) is 8.20. The lowest BCUT2D eigenvalue weighted by Crippen LogP contribution is -2.50. The molecule has 0 aliphatic carbocycles. The first-order valence-electron chi connectivity index (χ1n) is 8.47. The number of guanidine groups is 1. The number of ether oxygens (including phenoxy) is 1. The third-order valence-electron chi connectivity index (χ3n) is 4.04. The van der Waals surface area contributed by atoms with Gasteiger partial charge >= 0.3 is 0 Å². The third kappa shape index (κ3) is 7.67. The van der Waals surface area contributed by atoms with Gasteiger partial charge in [0.25, 0.3) is 0 Å². The first-order valence-corrected chi connectivity index (χ1v) is 9.35. The van der Waals surface area contributed by atoms with Gasteiger partial charge in [0, 0.05) is 37.6 Å². The fourth-order valence-corrected chi connectivity index (χ4v) is 3.51. The van der Waals surface area contributed by atoms with Crippen LogP contribution in [0, 0.1) is 5.92 Å². The number of aliphatic imine (C=N–C) groups is 1. The molecule has 1 aromatic rings. The molecule has 5 nitrogen and oxygen atoms in total. The summed E-state index contributed by atoms with van der Waals surface area (Å²) < 4.78 is 5.48. The summed E-state index contributed by atoms with van der Waals surface area (Å²) in [5, 5.41) is 8.99. The Kier molecular flexibility index (Phi) is 10.9. The monoisotopic (exact) mass is 466 g/mol. The number of hydrogen-bond donors (Lipinski definition) is 2. The Morgan fingerprint density at radius 1 is 1.33 bits per heavy atom. The van der Waals surface area contributed by atoms with E-state index in [1.54, 1.807) is 11.3 Å². The Morgan fingerprint density at radius 2 is 2.08 bits per heavy atom. The van der Waals surface area contributed by atoms with Gasteiger partial charge in [-0.3, -0.25) is 9.89 Å². The van der Waals surface area contributed by atoms with Crippen LogP contribution in [0.4, 0.5) is 0 Å². The van der Waals surface area contributed by atoms with Gasteiger partial charge in [-0.05, 0) is 23.8 Å². The van der Waals surface area contributed by atoms with Crippen LogP contribution in [0.25, 0.3) is 0 Å². The number of morpholine rings is 1. The van der Waals surface area contributed by atoms with Gasteiger partial charge in [0.15, 0.2) is 5.96 Å². The van der Waals surface area contributed by atoms with E-state index in [-0.39, 0.29) is 24.0 Å². The number of nitrogens with one attached hydrogen (secondary N) is 2. The zero-order valence-corrected chi connectivity index (χ0v) is 18.1. The summed E-state index contributed by atoms with van der Waals surface area (Å²) in [6.45, 7) is 10.1. The third-order valence-corrected chi connectivity index (χ3v) is 4.92. The predicted molar refractivity (Wildman–Crippen MR) is 114 cm³/mol. The Bertz CT molecular complexity index is 461. The lowest BCUT2D eigenvalue weighted by molar-refractivity contribution is 0.0132. The molecular weight excluding hydrogens is 435 g/mol. The molecule has 24 heavy (non-hydrogen) atoms. The van der Waals surface area contributed by atoms with E-state index in [0.717, 1.165) is 45.4 Å². The standard InChI is InChI=1S/C17H30N4OS.HI/c1-14(2)11-15(21-6-8-22-9-7-21)12-19-17(18-3)20-13-16-5-4-10-23-16;/h4-5,10,14-15H,6-9,11-13H2,1-3H3,(H2,18,19,20);1H. The molecule has 0 radical (unpaired) electrons. The van der Waals surface area contributed by atoms with Crippen LogP contribution in [0.5, 0.6) is 0 Å². The highest BCUT2D eigenvalue weighted by Gasteiger charge is 2.22. The quantitative estimate of drug-likeness (QED) is 0.369. The molecule has 0 spiro atoms. The van der Waals surface area contributed by atoms with Crippen molar-refractivity contribution in [2.45, 2.75) is 32.9 Å². The molecule has 7 heteroatoms. The van der Waals surface area contributed by atoms with Gasteiger partial charge in [-0.2, -0.15) is 0 Å². The molecule has 0 bridgehead atoms. The number of halogens is 1. The van der Waals surface area contributed by atoms with Crippen LogP contribution in [-0.4, -0.2) is 56.8 Å². The Hall–Kier alpha value is -0.380. The van der Waals surface area contributed by atoms with Crippen LogP contribution in [0.2, 0.25) is 0 Å². The van der Waals surface area contributed by atoms with Gasteiger partial charge in [0.1, 0.15) is 0 Å². The Morgan fingerprint density at radius 3 is 2.67 bits per heavy atom. The normalized spacial score (nSPS) is 17.4. The van der Waals surface area contributed by atoms with Gasteiger partial charge in [0.2, 0.25) is 0 Å². The number of hydrogen-bond acceptors (Lipinski definition) is 4. The minimum atomic E-state index is 0. The Balaban J connectivity index is 0.00000288. The molecule has 0 saturated carbocycles. The van der Waals surface area contributed by atoms with Crippen LogP contribution in [0.3, 0.4) is 0 Å². The second kappa shape index (κ2) is 12.1. The summed E-state index contributed by atoms with van der Waals surface area (Å²) in [5.74, 6) is 1.56. The van der Waals surface area contributed by atoms with Crippen molar-refractivity contribution in [3.63, 3.8) is 0 Å². The molecule has 1 atom stereocenters. The maximum atomic E-state index is 5.48. The highest BCUT2D eigenvalue weighted by atomic mass is 127. The van der Waals surface area contributed by atoms with Gasteiger partial charge in [-0.15, -0.1) is 35.3 Å². The molecule has 1 unspecified atom stereocenters. The number of rotatable bonds is 7. The van der Waals surface area contributed by atoms with E-state index >= 15 is 0 Å². The van der Waals surface area contributed by atoms with Gasteiger partial charge in [-0.1, -0.05) is 19.9 Å². The number of nitrogens with zero attached hydrogens (tertiary/aromatic N) is 2. The zero-order valence-electron chi connectivity index (χ0n) is 15.0. The molecular formula is C17H31IN4OS. The fourth-order valence-electron chi connectivity index (χ4n) is 2.87. The van der Waals surface area contributed by atoms with E-state index in [4.69, 9.17) is 4.74 Å². The lowest BCUT2D eigenvalue weighted by Gasteiger charge is -2.35. The Labute approximate surface area is 167 Å². The van der Waals surface area contributed by atoms with Crippen molar-refractivity contribution in [2.24, 2.45) is 10.9 Å². The highest BCUT2D eigenvalue weighted by molar-refractivity contribution is 14.0. The van der Waals surface area contributed by atoms with Gasteiger partial charge < -0.3 is 15.4 Å². The smallest absolute Gasteiger partial charge is 0.191 e. The highest BCUT2D eigenvalue weighted by Crippen LogP contribution is 2.13. The first kappa shape index (κ1) is 21.7. The van der Waals surface area contributed by atoms with E-state index in [9.17, 15) is 0 Å². The van der Waals surface area contributed by atoms with Crippen molar-refractivity contribution < 1.29 is 4.74 Å². The lowest BCUT2D eigenvalue weighted by atomic mass is 10.0. The average Bonchev–Trinajstić information content (AvgIpc) is 3.07. The van der Waals surface area contributed by atoms with Crippen LogP contribution in [0.15, 0.2) is 22.5 Å². The summed E-state index contributed by atoms with van der Waals surface area (Å²) in [6.07, 6.45) is 1.19. The predicted octanol–water partition coefficient (Wildman–Crippen LogP) is 2.78. The molecule has 2 heterocycles. The molecule has 1 aromatic heterocycles. The van der Waals surface area contributed by atoms with E-state index < -0.39 is 0 Å². The van der Waals surface area contributed by atoms with Crippen molar-refractivity contribution in [2.75, 3.05) is 39.9 Å². The molecule has 0 amide bonds. The SMILES string of the molecule is CN=C(NCc1cccs1)NCC(CC(C)C)N1CCOCC1.I. The minimum absolute atomic E-state index is 0. The average molecular weight is 466 g/mol. The second-order valence-electron chi connectivity index (χ2n) is 6.32. The van der Waals surface area contributed by atoms with Crippen molar-refractivity contribution in [1.82, 2.24) is 15.5 Å². The van der Waals surface area contributed by atoms with Crippen molar-refractivity contribution in [3.8, 4) is 0 Å². The topological polar surface area (TPSA) is 48.9 Å². The van der Waals surface area contributed by atoms with Gasteiger partial charge in [0.05, 0.1) is 19.8 Å². The summed E-state index contributed by atoms with van der Waals surface area (Å²) in [6, 6.07) is 4.74.